The molecule has 0 aromatic rings. The van der Waals surface area contributed by atoms with Crippen molar-refractivity contribution >= 4 is 11.8 Å². The zero-order chi connectivity index (χ0) is 12.3. The predicted molar refractivity (Wildman–Crippen MR) is 59.7 cm³/mol. The van der Waals surface area contributed by atoms with Gasteiger partial charge in [0, 0.05) is 25.0 Å². The van der Waals surface area contributed by atoms with Crippen LogP contribution in [0.4, 0.5) is 0 Å². The summed E-state index contributed by atoms with van der Waals surface area (Å²) < 4.78 is 0. The van der Waals surface area contributed by atoms with Gasteiger partial charge < -0.3 is 15.3 Å². The summed E-state index contributed by atoms with van der Waals surface area (Å²) in [5.74, 6) is -0.141. The smallest absolute Gasteiger partial charge is 0.225 e. The van der Waals surface area contributed by atoms with E-state index in [0.29, 0.717) is 13.1 Å². The summed E-state index contributed by atoms with van der Waals surface area (Å²) >= 11 is 0. The maximum absolute atomic E-state index is 11.5. The summed E-state index contributed by atoms with van der Waals surface area (Å²) in [7, 11) is 0. The Balaban J connectivity index is 2.30. The molecule has 1 aliphatic rings. The second-order valence-electron chi connectivity index (χ2n) is 5.25. The van der Waals surface area contributed by atoms with E-state index >= 15 is 0 Å². The third-order valence-electron chi connectivity index (χ3n) is 2.32. The van der Waals surface area contributed by atoms with E-state index in [2.05, 4.69) is 5.32 Å². The molecule has 92 valence electrons. The van der Waals surface area contributed by atoms with Gasteiger partial charge in [-0.15, -0.1) is 0 Å². The number of aliphatic hydroxyl groups excluding tert-OH is 1. The predicted octanol–water partition coefficient (Wildman–Crippen LogP) is -0.116. The highest BCUT2D eigenvalue weighted by Gasteiger charge is 2.28. The molecule has 1 aliphatic heterocycles. The number of β-amino-alcohol motifs (C(OH)–C–C–N with tert-alkyl or cyclic N) is 1. The molecule has 1 fully saturated rings. The van der Waals surface area contributed by atoms with Crippen LogP contribution >= 0.6 is 0 Å². The highest BCUT2D eigenvalue weighted by molar-refractivity contribution is 5.81. The molecule has 1 atom stereocenters. The summed E-state index contributed by atoms with van der Waals surface area (Å²) in [4.78, 5) is 24.3. The van der Waals surface area contributed by atoms with E-state index in [1.165, 1.54) is 4.90 Å². The Morgan fingerprint density at radius 2 is 2.19 bits per heavy atom. The molecule has 1 rings (SSSR count). The number of carbonyl (C=O) groups excluding carboxylic acids is 2. The summed E-state index contributed by atoms with van der Waals surface area (Å²) in [6, 6.07) is 0. The van der Waals surface area contributed by atoms with E-state index in [9.17, 15) is 14.7 Å². The van der Waals surface area contributed by atoms with Gasteiger partial charge in [0.2, 0.25) is 11.8 Å². The molecule has 2 N–H and O–H groups in total. The Kier molecular flexibility index (Phi) is 3.91. The van der Waals surface area contributed by atoms with Gasteiger partial charge in [-0.2, -0.15) is 0 Å². The number of likely N-dealkylation sites (tertiary alicyclic amines) is 1. The number of hydrogen-bond acceptors (Lipinski definition) is 3. The molecule has 16 heavy (non-hydrogen) atoms. The summed E-state index contributed by atoms with van der Waals surface area (Å²) in [6.45, 7) is 6.47. The van der Waals surface area contributed by atoms with E-state index in [0.717, 1.165) is 0 Å². The lowest BCUT2D eigenvalue weighted by Crippen LogP contribution is -2.42. The summed E-state index contributed by atoms with van der Waals surface area (Å²) in [5.41, 5.74) is -0.244. The topological polar surface area (TPSA) is 69.6 Å². The van der Waals surface area contributed by atoms with Crippen LogP contribution in [0.2, 0.25) is 0 Å². The largest absolute Gasteiger partial charge is 0.391 e. The van der Waals surface area contributed by atoms with Crippen molar-refractivity contribution in [2.24, 2.45) is 0 Å². The summed E-state index contributed by atoms with van der Waals surface area (Å²) in [6.07, 6.45) is -0.102. The van der Waals surface area contributed by atoms with E-state index in [1.54, 1.807) is 0 Å². The first-order valence-electron chi connectivity index (χ1n) is 5.55. The van der Waals surface area contributed by atoms with Crippen molar-refractivity contribution < 1.29 is 14.7 Å². The second kappa shape index (κ2) is 4.82. The van der Waals surface area contributed by atoms with Crippen LogP contribution in [0.25, 0.3) is 0 Å². The highest BCUT2D eigenvalue weighted by Crippen LogP contribution is 2.11. The summed E-state index contributed by atoms with van der Waals surface area (Å²) in [5, 5.41) is 12.1. The molecule has 0 saturated carbocycles. The van der Waals surface area contributed by atoms with Crippen molar-refractivity contribution in [3.63, 3.8) is 0 Å². The maximum atomic E-state index is 11.5. The molecule has 0 bridgehead atoms. The van der Waals surface area contributed by atoms with Gasteiger partial charge >= 0.3 is 0 Å². The fraction of sp³-hybridized carbons (Fsp3) is 0.818. The molecule has 5 nitrogen and oxygen atoms in total. The standard InChI is InChI=1S/C11H20N2O3/c1-11(2,3)12-9(15)4-5-13-7-8(14)6-10(13)16/h8,14H,4-7H2,1-3H3,(H,12,15). The van der Waals surface area contributed by atoms with Crippen LogP contribution in [0.15, 0.2) is 0 Å². The van der Waals surface area contributed by atoms with E-state index in [-0.39, 0.29) is 30.2 Å². The Morgan fingerprint density at radius 1 is 1.56 bits per heavy atom. The van der Waals surface area contributed by atoms with Gasteiger partial charge in [-0.05, 0) is 20.8 Å². The fourth-order valence-electron chi connectivity index (χ4n) is 1.68. The SMILES string of the molecule is CC(C)(C)NC(=O)CCN1CC(O)CC1=O. The minimum Gasteiger partial charge on any atom is -0.391 e. The highest BCUT2D eigenvalue weighted by atomic mass is 16.3. The zero-order valence-electron chi connectivity index (χ0n) is 10.1. The first kappa shape index (κ1) is 13.0. The number of nitrogens with one attached hydrogen (secondary N) is 1. The molecule has 5 heteroatoms. The number of hydrogen-bond donors (Lipinski definition) is 2. The Labute approximate surface area is 95.8 Å². The third-order valence-corrected chi connectivity index (χ3v) is 2.32. The van der Waals surface area contributed by atoms with Gasteiger partial charge in [0.05, 0.1) is 12.5 Å². The minimum atomic E-state index is -0.571. The van der Waals surface area contributed by atoms with E-state index in [1.807, 2.05) is 20.8 Å². The van der Waals surface area contributed by atoms with Crippen molar-refractivity contribution in [1.29, 1.82) is 0 Å². The second-order valence-corrected chi connectivity index (χ2v) is 5.25. The van der Waals surface area contributed by atoms with Crippen molar-refractivity contribution in [1.82, 2.24) is 10.2 Å². The molecule has 0 spiro atoms. The molecule has 0 aromatic heterocycles. The van der Waals surface area contributed by atoms with Gasteiger partial charge in [0.1, 0.15) is 0 Å². The molecule has 0 radical (unpaired) electrons. The minimum absolute atomic E-state index is 0.0679. The van der Waals surface area contributed by atoms with E-state index in [4.69, 9.17) is 0 Å². The van der Waals surface area contributed by atoms with Gasteiger partial charge in [0.25, 0.3) is 0 Å². The number of carbonyl (C=O) groups is 2. The van der Waals surface area contributed by atoms with Crippen molar-refractivity contribution in [2.45, 2.75) is 45.3 Å². The zero-order valence-corrected chi connectivity index (χ0v) is 10.1. The van der Waals surface area contributed by atoms with Crippen LogP contribution in [-0.4, -0.2) is 46.6 Å². The van der Waals surface area contributed by atoms with Crippen molar-refractivity contribution in [3.8, 4) is 0 Å². The van der Waals surface area contributed by atoms with Crippen LogP contribution in [0, 0.1) is 0 Å². The lowest BCUT2D eigenvalue weighted by molar-refractivity contribution is -0.128. The molecular formula is C11H20N2O3. The molecule has 2 amide bonds. The van der Waals surface area contributed by atoms with Crippen LogP contribution in [0.1, 0.15) is 33.6 Å². The van der Waals surface area contributed by atoms with Gasteiger partial charge in [-0.3, -0.25) is 9.59 Å². The average Bonchev–Trinajstić information content (AvgIpc) is 2.38. The number of nitrogens with zero attached hydrogens (tertiary/aromatic N) is 1. The third kappa shape index (κ3) is 4.18. The number of aliphatic hydroxyl groups is 1. The Hall–Kier alpha value is -1.10. The molecular weight excluding hydrogens is 208 g/mol. The molecule has 1 saturated heterocycles. The quantitative estimate of drug-likeness (QED) is 0.708. The van der Waals surface area contributed by atoms with Crippen LogP contribution in [0.3, 0.4) is 0 Å². The molecule has 1 heterocycles. The Morgan fingerprint density at radius 3 is 2.62 bits per heavy atom. The lowest BCUT2D eigenvalue weighted by atomic mass is 10.1. The number of amides is 2. The first-order chi connectivity index (χ1) is 7.28. The van der Waals surface area contributed by atoms with Crippen LogP contribution < -0.4 is 5.32 Å². The van der Waals surface area contributed by atoms with Gasteiger partial charge in [-0.25, -0.2) is 0 Å². The fourth-order valence-corrected chi connectivity index (χ4v) is 1.68. The lowest BCUT2D eigenvalue weighted by Gasteiger charge is -2.22. The van der Waals surface area contributed by atoms with E-state index < -0.39 is 6.10 Å². The van der Waals surface area contributed by atoms with Crippen molar-refractivity contribution in [2.75, 3.05) is 13.1 Å². The molecule has 0 aliphatic carbocycles. The van der Waals surface area contributed by atoms with Crippen molar-refractivity contribution in [3.05, 3.63) is 0 Å². The number of rotatable bonds is 3. The molecule has 1 unspecified atom stereocenters. The monoisotopic (exact) mass is 228 g/mol. The Bertz CT molecular complexity index is 283. The van der Waals surface area contributed by atoms with Crippen LogP contribution in [-0.2, 0) is 9.59 Å². The van der Waals surface area contributed by atoms with Crippen LogP contribution in [0.5, 0.6) is 0 Å². The normalized spacial score (nSPS) is 21.4. The maximum Gasteiger partial charge on any atom is 0.225 e. The first-order valence-corrected chi connectivity index (χ1v) is 5.55. The van der Waals surface area contributed by atoms with Gasteiger partial charge in [0.15, 0.2) is 0 Å². The van der Waals surface area contributed by atoms with Gasteiger partial charge in [-0.1, -0.05) is 0 Å². The molecule has 0 aromatic carbocycles. The average molecular weight is 228 g/mol.